The Balaban J connectivity index is 1.84. The quantitative estimate of drug-likeness (QED) is 0.673. The van der Waals surface area contributed by atoms with Gasteiger partial charge in [-0.2, -0.15) is 13.2 Å². The predicted octanol–water partition coefficient (Wildman–Crippen LogP) is 4.11. The number of benzene rings is 1. The highest BCUT2D eigenvalue weighted by molar-refractivity contribution is 6.31. The van der Waals surface area contributed by atoms with Gasteiger partial charge in [-0.05, 0) is 50.8 Å². The highest BCUT2D eigenvalue weighted by atomic mass is 35.5. The molecule has 4 rings (SSSR count). The Morgan fingerprint density at radius 3 is 2.69 bits per heavy atom. The highest BCUT2D eigenvalue weighted by Crippen LogP contribution is 2.42. The molecular weight excluding hydrogens is 407 g/mol. The third-order valence-electron chi connectivity index (χ3n) is 5.29. The van der Waals surface area contributed by atoms with Crippen LogP contribution in [0.2, 0.25) is 5.02 Å². The Morgan fingerprint density at radius 1 is 1.28 bits per heavy atom. The van der Waals surface area contributed by atoms with E-state index in [1.165, 1.54) is 12.1 Å². The molecule has 0 aliphatic carbocycles. The molecule has 0 radical (unpaired) electrons. The van der Waals surface area contributed by atoms with Gasteiger partial charge in [0.25, 0.3) is 5.56 Å². The zero-order chi connectivity index (χ0) is 21.0. The van der Waals surface area contributed by atoms with Gasteiger partial charge in [0, 0.05) is 11.1 Å². The molecule has 0 unspecified atom stereocenters. The summed E-state index contributed by atoms with van der Waals surface area (Å²) in [7, 11) is 0. The lowest BCUT2D eigenvalue weighted by atomic mass is 9.83. The number of nitrogens with one attached hydrogen (secondary N) is 1. The fraction of sp³-hybridized carbons (Fsp3) is 0.368. The number of aromatic amines is 1. The molecule has 1 aromatic carbocycles. The molecule has 0 fully saturated rings. The van der Waals surface area contributed by atoms with E-state index in [1.807, 2.05) is 6.92 Å². The van der Waals surface area contributed by atoms with E-state index in [2.05, 4.69) is 20.3 Å². The smallest absolute Gasteiger partial charge is 0.311 e. The van der Waals surface area contributed by atoms with Crippen molar-refractivity contribution in [2.75, 3.05) is 0 Å². The lowest BCUT2D eigenvalue weighted by molar-refractivity contribution is -0.137. The number of aromatic nitrogens is 5. The summed E-state index contributed by atoms with van der Waals surface area (Å²) in [6.07, 6.45) is -2.42. The van der Waals surface area contributed by atoms with E-state index in [1.54, 1.807) is 11.6 Å². The number of halogens is 4. The number of hydrogen-bond donors (Lipinski definition) is 1. The van der Waals surface area contributed by atoms with Crippen LogP contribution in [0.1, 0.15) is 42.4 Å². The molecule has 1 atom stereocenters. The number of aryl methyl sites for hydroxylation is 1. The molecule has 1 N–H and O–H groups in total. The topological polar surface area (TPSA) is 76.5 Å². The Hall–Kier alpha value is -2.68. The van der Waals surface area contributed by atoms with E-state index in [0.717, 1.165) is 24.2 Å². The standard InChI is InChI=1S/C19H17ClF3N5O/c1-10-24-14(9-16(29)25-10)17-15-4-3-7-18(2,28(15)27-26-17)12-6-5-11(8-13(12)20)19(21,22)23/h5-6,8-9H,3-4,7H2,1-2H3,(H,24,25,29)/t18-/m0/s1. The largest absolute Gasteiger partial charge is 0.416 e. The van der Waals surface area contributed by atoms with E-state index in [0.29, 0.717) is 35.6 Å². The first-order valence-corrected chi connectivity index (χ1v) is 9.38. The summed E-state index contributed by atoms with van der Waals surface area (Å²) in [4.78, 5) is 18.7. The molecule has 0 saturated heterocycles. The van der Waals surface area contributed by atoms with Gasteiger partial charge in [-0.1, -0.05) is 22.9 Å². The zero-order valence-corrected chi connectivity index (χ0v) is 16.4. The van der Waals surface area contributed by atoms with Gasteiger partial charge in [0.2, 0.25) is 0 Å². The van der Waals surface area contributed by atoms with Crippen molar-refractivity contribution in [2.45, 2.75) is 44.8 Å². The molecule has 0 spiro atoms. The molecule has 0 saturated carbocycles. The maximum Gasteiger partial charge on any atom is 0.416 e. The molecule has 3 heterocycles. The van der Waals surface area contributed by atoms with Gasteiger partial charge in [0.05, 0.1) is 16.8 Å². The minimum absolute atomic E-state index is 0.0253. The molecule has 0 bridgehead atoms. The summed E-state index contributed by atoms with van der Waals surface area (Å²) in [5.74, 6) is 0.457. The van der Waals surface area contributed by atoms with Gasteiger partial charge in [0.15, 0.2) is 0 Å². The second kappa shape index (κ2) is 6.69. The molecule has 0 amide bonds. The summed E-state index contributed by atoms with van der Waals surface area (Å²) in [5.41, 5.74) is 0.359. The van der Waals surface area contributed by atoms with Crippen LogP contribution in [0.15, 0.2) is 29.1 Å². The second-order valence-corrected chi connectivity index (χ2v) is 7.74. The molecule has 2 aromatic heterocycles. The third-order valence-corrected chi connectivity index (χ3v) is 5.60. The Labute approximate surface area is 168 Å². The van der Waals surface area contributed by atoms with Crippen LogP contribution < -0.4 is 5.56 Å². The Kier molecular flexibility index (Phi) is 4.53. The van der Waals surface area contributed by atoms with Crippen molar-refractivity contribution in [3.8, 4) is 11.4 Å². The number of rotatable bonds is 2. The first kappa shape index (κ1) is 19.6. The minimum atomic E-state index is -4.47. The van der Waals surface area contributed by atoms with Crippen molar-refractivity contribution in [3.05, 3.63) is 62.3 Å². The van der Waals surface area contributed by atoms with Gasteiger partial charge in [-0.15, -0.1) is 5.10 Å². The zero-order valence-electron chi connectivity index (χ0n) is 15.6. The number of H-pyrrole nitrogens is 1. The number of fused-ring (bicyclic) bond motifs is 1. The van der Waals surface area contributed by atoms with Crippen LogP contribution in [-0.4, -0.2) is 25.0 Å². The van der Waals surface area contributed by atoms with Crippen LogP contribution in [0.3, 0.4) is 0 Å². The number of alkyl halides is 3. The molecule has 1 aliphatic heterocycles. The van der Waals surface area contributed by atoms with E-state index in [4.69, 9.17) is 11.6 Å². The van der Waals surface area contributed by atoms with Crippen molar-refractivity contribution in [1.82, 2.24) is 25.0 Å². The summed E-state index contributed by atoms with van der Waals surface area (Å²) in [6, 6.07) is 4.72. The Morgan fingerprint density at radius 2 is 2.03 bits per heavy atom. The molecule has 3 aromatic rings. The average molecular weight is 424 g/mol. The SMILES string of the molecule is Cc1nc(-c2nnn3c2CCC[C@@]3(C)c2ccc(C(F)(F)F)cc2Cl)cc(=O)[nH]1. The van der Waals surface area contributed by atoms with Crippen molar-refractivity contribution in [1.29, 1.82) is 0 Å². The molecular formula is C19H17ClF3N5O. The minimum Gasteiger partial charge on any atom is -0.311 e. The van der Waals surface area contributed by atoms with Crippen molar-refractivity contribution >= 4 is 11.6 Å². The van der Waals surface area contributed by atoms with Gasteiger partial charge in [-0.25, -0.2) is 9.67 Å². The van der Waals surface area contributed by atoms with Crippen LogP contribution in [0.4, 0.5) is 13.2 Å². The molecule has 10 heteroatoms. The van der Waals surface area contributed by atoms with E-state index in [9.17, 15) is 18.0 Å². The molecule has 29 heavy (non-hydrogen) atoms. The first-order chi connectivity index (χ1) is 13.6. The molecule has 1 aliphatic rings. The molecule has 6 nitrogen and oxygen atoms in total. The van der Waals surface area contributed by atoms with E-state index >= 15 is 0 Å². The van der Waals surface area contributed by atoms with Crippen molar-refractivity contribution < 1.29 is 13.2 Å². The summed E-state index contributed by atoms with van der Waals surface area (Å²) >= 11 is 6.27. The second-order valence-electron chi connectivity index (χ2n) is 7.33. The van der Waals surface area contributed by atoms with Gasteiger partial charge in [0.1, 0.15) is 17.2 Å². The number of hydrogen-bond acceptors (Lipinski definition) is 4. The van der Waals surface area contributed by atoms with Crippen molar-refractivity contribution in [3.63, 3.8) is 0 Å². The molecule has 152 valence electrons. The maximum atomic E-state index is 13.0. The van der Waals surface area contributed by atoms with E-state index in [-0.39, 0.29) is 10.6 Å². The summed E-state index contributed by atoms with van der Waals surface area (Å²) in [6.45, 7) is 3.55. The van der Waals surface area contributed by atoms with Crippen LogP contribution in [-0.2, 0) is 18.1 Å². The fourth-order valence-electron chi connectivity index (χ4n) is 3.91. The average Bonchev–Trinajstić information content (AvgIpc) is 3.05. The monoisotopic (exact) mass is 423 g/mol. The lowest BCUT2D eigenvalue weighted by Crippen LogP contribution is -2.37. The first-order valence-electron chi connectivity index (χ1n) is 9.00. The lowest BCUT2D eigenvalue weighted by Gasteiger charge is -2.36. The van der Waals surface area contributed by atoms with Gasteiger partial charge < -0.3 is 4.98 Å². The summed E-state index contributed by atoms with van der Waals surface area (Å²) < 4.78 is 40.7. The maximum absolute atomic E-state index is 13.0. The van der Waals surface area contributed by atoms with Gasteiger partial charge in [-0.3, -0.25) is 4.79 Å². The van der Waals surface area contributed by atoms with Crippen LogP contribution >= 0.6 is 11.6 Å². The van der Waals surface area contributed by atoms with E-state index < -0.39 is 17.3 Å². The highest BCUT2D eigenvalue weighted by Gasteiger charge is 2.39. The van der Waals surface area contributed by atoms with Crippen LogP contribution in [0.25, 0.3) is 11.4 Å². The number of nitrogens with zero attached hydrogens (tertiary/aromatic N) is 4. The third kappa shape index (κ3) is 3.33. The summed E-state index contributed by atoms with van der Waals surface area (Å²) in [5, 5.41) is 8.53. The fourth-order valence-corrected chi connectivity index (χ4v) is 4.29. The normalized spacial score (nSPS) is 19.2. The van der Waals surface area contributed by atoms with Crippen LogP contribution in [0, 0.1) is 6.92 Å². The van der Waals surface area contributed by atoms with Crippen LogP contribution in [0.5, 0.6) is 0 Å². The predicted molar refractivity (Wildman–Crippen MR) is 101 cm³/mol. The Bertz CT molecular complexity index is 1150. The van der Waals surface area contributed by atoms with Gasteiger partial charge >= 0.3 is 6.18 Å². The van der Waals surface area contributed by atoms with Crippen molar-refractivity contribution in [2.24, 2.45) is 0 Å².